The van der Waals surface area contributed by atoms with Gasteiger partial charge in [-0.05, 0) is 71.2 Å². The van der Waals surface area contributed by atoms with Crippen LogP contribution in [0.3, 0.4) is 0 Å². The lowest BCUT2D eigenvalue weighted by molar-refractivity contribution is -0.155. The zero-order valence-electron chi connectivity index (χ0n) is 21.1. The molecular weight excluding hydrogens is 466 g/mol. The van der Waals surface area contributed by atoms with E-state index in [0.29, 0.717) is 18.5 Å². The first-order chi connectivity index (χ1) is 16.8. The first kappa shape index (κ1) is 25.8. The van der Waals surface area contributed by atoms with Gasteiger partial charge in [0.1, 0.15) is 6.04 Å². The number of anilines is 2. The lowest BCUT2D eigenvalue weighted by Crippen LogP contribution is -2.51. The summed E-state index contributed by atoms with van der Waals surface area (Å²) in [5, 5.41) is 12.5. The maximum absolute atomic E-state index is 13.8. The summed E-state index contributed by atoms with van der Waals surface area (Å²) < 4.78 is 4.28. The minimum Gasteiger partial charge on any atom is -0.466 e. The molecule has 0 radical (unpaired) electrons. The Hall–Kier alpha value is -2.26. The highest BCUT2D eigenvalue weighted by Crippen LogP contribution is 2.71. The van der Waals surface area contributed by atoms with Crippen molar-refractivity contribution in [2.45, 2.75) is 62.5 Å². The summed E-state index contributed by atoms with van der Waals surface area (Å²) in [4.78, 5) is 44.3. The maximum Gasteiger partial charge on any atom is 0.311 e. The minimum absolute atomic E-state index is 0.0746. The van der Waals surface area contributed by atoms with E-state index >= 15 is 0 Å². The Bertz CT molecular complexity index is 968. The average Bonchev–Trinajstić information content (AvgIpc) is 3.40. The summed E-state index contributed by atoms with van der Waals surface area (Å²) in [5.74, 6) is -1.93. The van der Waals surface area contributed by atoms with Crippen LogP contribution in [0.15, 0.2) is 24.3 Å². The van der Waals surface area contributed by atoms with Crippen molar-refractivity contribution in [3.05, 3.63) is 24.3 Å². The smallest absolute Gasteiger partial charge is 0.311 e. The van der Waals surface area contributed by atoms with E-state index in [0.717, 1.165) is 25.2 Å². The van der Waals surface area contributed by atoms with Crippen molar-refractivity contribution in [1.82, 2.24) is 4.90 Å². The molecule has 1 aromatic carbocycles. The molecule has 3 heterocycles. The van der Waals surface area contributed by atoms with Crippen LogP contribution in [-0.2, 0) is 19.1 Å². The number of hydrogen-bond acceptors (Lipinski definition) is 7. The van der Waals surface area contributed by atoms with E-state index in [4.69, 9.17) is 4.74 Å². The van der Waals surface area contributed by atoms with Gasteiger partial charge in [-0.25, -0.2) is 0 Å². The third-order valence-corrected chi connectivity index (χ3v) is 9.87. The standard InChI is InChI=1S/C26H37N3O5S/c1-5-28(6-2)18-11-9-17(10-12-18)27-22(31)21-26-14-13-25(4,35-26)20(24(33)34-7-3)19(26)23(32)29(21)15-8-16-30/h9-12,19-21,30H,5-8,13-16H2,1-4H3,(H,27,31)/t19-,20-,21?,25+,26?/m0/s1. The number of likely N-dealkylation sites (tertiary alicyclic amines) is 1. The van der Waals surface area contributed by atoms with Gasteiger partial charge in [-0.3, -0.25) is 14.4 Å². The van der Waals surface area contributed by atoms with Gasteiger partial charge in [0.15, 0.2) is 0 Å². The number of aliphatic hydroxyl groups is 1. The molecule has 2 amide bonds. The van der Waals surface area contributed by atoms with Crippen molar-refractivity contribution < 1.29 is 24.2 Å². The normalized spacial score (nSPS) is 30.9. The molecular formula is C26H37N3O5S. The number of esters is 1. The van der Waals surface area contributed by atoms with E-state index in [1.165, 1.54) is 0 Å². The van der Waals surface area contributed by atoms with Crippen LogP contribution >= 0.6 is 11.8 Å². The topological polar surface area (TPSA) is 99.2 Å². The predicted molar refractivity (Wildman–Crippen MR) is 137 cm³/mol. The lowest BCUT2D eigenvalue weighted by atomic mass is 9.66. The molecule has 2 bridgehead atoms. The molecule has 0 aromatic heterocycles. The maximum atomic E-state index is 13.8. The van der Waals surface area contributed by atoms with Gasteiger partial charge in [0.05, 0.1) is 23.2 Å². The van der Waals surface area contributed by atoms with Gasteiger partial charge in [0.2, 0.25) is 11.8 Å². The Morgan fingerprint density at radius 2 is 1.89 bits per heavy atom. The number of thioether (sulfide) groups is 1. The van der Waals surface area contributed by atoms with Crippen LogP contribution in [0.5, 0.6) is 0 Å². The monoisotopic (exact) mass is 503 g/mol. The predicted octanol–water partition coefficient (Wildman–Crippen LogP) is 2.90. The molecule has 3 aliphatic rings. The largest absolute Gasteiger partial charge is 0.466 e. The van der Waals surface area contributed by atoms with Crippen molar-refractivity contribution in [3.8, 4) is 0 Å². The molecule has 8 nitrogen and oxygen atoms in total. The molecule has 2 N–H and O–H groups in total. The van der Waals surface area contributed by atoms with Crippen LogP contribution in [0.1, 0.15) is 47.0 Å². The summed E-state index contributed by atoms with van der Waals surface area (Å²) in [7, 11) is 0. The molecule has 4 rings (SSSR count). The SMILES string of the molecule is CCOC(=O)[C@@H]1[C@H]2C(=O)N(CCCO)C(C(=O)Nc3ccc(N(CC)CC)cc3)C23CC[C@@]1(C)S3. The molecule has 0 saturated carbocycles. The molecule has 5 atom stereocenters. The number of ether oxygens (including phenoxy) is 1. The van der Waals surface area contributed by atoms with E-state index in [2.05, 4.69) is 24.1 Å². The second-order valence-corrected chi connectivity index (χ2v) is 11.7. The van der Waals surface area contributed by atoms with E-state index in [1.54, 1.807) is 23.6 Å². The average molecular weight is 504 g/mol. The number of carbonyl (C=O) groups excluding carboxylic acids is 3. The zero-order chi connectivity index (χ0) is 25.4. The van der Waals surface area contributed by atoms with Crippen LogP contribution < -0.4 is 10.2 Å². The van der Waals surface area contributed by atoms with Gasteiger partial charge in [0.25, 0.3) is 0 Å². The number of nitrogens with one attached hydrogen (secondary N) is 1. The molecule has 1 spiro atoms. The van der Waals surface area contributed by atoms with Crippen molar-refractivity contribution >= 4 is 40.9 Å². The molecule has 3 aliphatic heterocycles. The number of nitrogens with zero attached hydrogens (tertiary/aromatic N) is 2. The van der Waals surface area contributed by atoms with E-state index in [1.807, 2.05) is 31.2 Å². The van der Waals surface area contributed by atoms with Gasteiger partial charge in [-0.2, -0.15) is 0 Å². The molecule has 3 saturated heterocycles. The Labute approximate surface area is 211 Å². The van der Waals surface area contributed by atoms with E-state index < -0.39 is 27.4 Å². The van der Waals surface area contributed by atoms with Gasteiger partial charge in [-0.1, -0.05) is 0 Å². The summed E-state index contributed by atoms with van der Waals surface area (Å²) in [5.41, 5.74) is 1.76. The number of benzene rings is 1. The van der Waals surface area contributed by atoms with Crippen LogP contribution in [0.2, 0.25) is 0 Å². The van der Waals surface area contributed by atoms with Crippen LogP contribution in [0.4, 0.5) is 11.4 Å². The minimum atomic E-state index is -0.708. The molecule has 3 fully saturated rings. The first-order valence-corrected chi connectivity index (χ1v) is 13.5. The summed E-state index contributed by atoms with van der Waals surface area (Å²) >= 11 is 1.62. The van der Waals surface area contributed by atoms with Gasteiger partial charge in [0, 0.05) is 42.4 Å². The van der Waals surface area contributed by atoms with Crippen molar-refractivity contribution in [2.24, 2.45) is 11.8 Å². The van der Waals surface area contributed by atoms with Crippen LogP contribution in [0.25, 0.3) is 0 Å². The number of rotatable bonds is 10. The molecule has 1 aromatic rings. The zero-order valence-corrected chi connectivity index (χ0v) is 21.9. The van der Waals surface area contributed by atoms with E-state index in [9.17, 15) is 19.5 Å². The van der Waals surface area contributed by atoms with Crippen LogP contribution in [0, 0.1) is 11.8 Å². The highest BCUT2D eigenvalue weighted by molar-refractivity contribution is 8.02. The highest BCUT2D eigenvalue weighted by atomic mass is 32.2. The second-order valence-electron chi connectivity index (χ2n) is 9.80. The van der Waals surface area contributed by atoms with E-state index in [-0.39, 0.29) is 37.5 Å². The first-order valence-electron chi connectivity index (χ1n) is 12.7. The number of aliphatic hydroxyl groups excluding tert-OH is 1. The van der Waals surface area contributed by atoms with Crippen molar-refractivity contribution in [3.63, 3.8) is 0 Å². The summed E-state index contributed by atoms with van der Waals surface area (Å²) in [6, 6.07) is 7.04. The number of hydrogen-bond donors (Lipinski definition) is 2. The third kappa shape index (κ3) is 4.20. The summed E-state index contributed by atoms with van der Waals surface area (Å²) in [6.45, 7) is 10.2. The third-order valence-electron chi connectivity index (χ3n) is 7.89. The van der Waals surface area contributed by atoms with Gasteiger partial charge >= 0.3 is 5.97 Å². The van der Waals surface area contributed by atoms with Crippen molar-refractivity contribution in [1.29, 1.82) is 0 Å². The van der Waals surface area contributed by atoms with Gasteiger partial charge < -0.3 is 25.0 Å². The fourth-order valence-corrected chi connectivity index (χ4v) is 8.70. The van der Waals surface area contributed by atoms with Crippen LogP contribution in [-0.4, -0.2) is 76.2 Å². The molecule has 35 heavy (non-hydrogen) atoms. The molecule has 0 aliphatic carbocycles. The van der Waals surface area contributed by atoms with Gasteiger partial charge in [-0.15, -0.1) is 11.8 Å². The number of fused-ring (bicyclic) bond motifs is 1. The highest BCUT2D eigenvalue weighted by Gasteiger charge is 2.77. The lowest BCUT2D eigenvalue weighted by Gasteiger charge is -2.34. The fourth-order valence-electron chi connectivity index (χ4n) is 6.35. The van der Waals surface area contributed by atoms with Crippen molar-refractivity contribution in [2.75, 3.05) is 43.1 Å². The molecule has 9 heteroatoms. The Balaban J connectivity index is 1.64. The Kier molecular flexibility index (Phi) is 7.38. The quantitative estimate of drug-likeness (QED) is 0.474. The number of amides is 2. The Morgan fingerprint density at radius 1 is 1.20 bits per heavy atom. The molecule has 2 unspecified atom stereocenters. The fraction of sp³-hybridized carbons (Fsp3) is 0.654. The second kappa shape index (κ2) is 10.0. The number of carbonyl (C=O) groups is 3. The summed E-state index contributed by atoms with van der Waals surface area (Å²) in [6.07, 6.45) is 1.82. The Morgan fingerprint density at radius 3 is 2.49 bits per heavy atom. The molecule has 192 valence electrons.